The Morgan fingerprint density at radius 1 is 1.45 bits per heavy atom. The van der Waals surface area contributed by atoms with Crippen LogP contribution < -0.4 is 0 Å². The highest BCUT2D eigenvalue weighted by Gasteiger charge is 2.60. The molecule has 3 aliphatic rings. The number of carbonyl (C=O) groups excluding carboxylic acids is 2. The highest BCUT2D eigenvalue weighted by Crippen LogP contribution is 2.51. The lowest BCUT2D eigenvalue weighted by molar-refractivity contribution is -0.163. The number of aliphatic hydroxyl groups is 1. The topological polar surface area (TPSA) is 134 Å². The summed E-state index contributed by atoms with van der Waals surface area (Å²) in [4.78, 5) is 41.1. The van der Waals surface area contributed by atoms with Crippen LogP contribution in [-0.2, 0) is 14.3 Å². The van der Waals surface area contributed by atoms with Gasteiger partial charge < -0.3 is 29.6 Å². The third kappa shape index (κ3) is 4.16. The SMILES string of the molecule is C=CCOC(=O)N(C)CC(=N)N1CC(SC2=C(C(=O)O)N3C(=O)[C@H]([C@@H](C)O)[C@H]3[C@H]2C)C1. The van der Waals surface area contributed by atoms with Crippen LogP contribution in [-0.4, -0.2) is 99.4 Å². The molecule has 0 spiro atoms. The number of fused-ring (bicyclic) bond motifs is 1. The van der Waals surface area contributed by atoms with Crippen LogP contribution in [0.2, 0.25) is 0 Å². The number of amides is 2. The van der Waals surface area contributed by atoms with E-state index in [2.05, 4.69) is 6.58 Å². The Morgan fingerprint density at radius 2 is 2.10 bits per heavy atom. The summed E-state index contributed by atoms with van der Waals surface area (Å²) >= 11 is 1.43. The molecule has 2 amide bonds. The van der Waals surface area contributed by atoms with Crippen LogP contribution in [0.25, 0.3) is 0 Å². The number of ether oxygens (including phenoxy) is 1. The molecular weight excluding hydrogens is 424 g/mol. The van der Waals surface area contributed by atoms with Gasteiger partial charge in [0.15, 0.2) is 0 Å². The fraction of sp³-hybridized carbons (Fsp3) is 0.600. The van der Waals surface area contributed by atoms with E-state index in [0.29, 0.717) is 18.0 Å². The highest BCUT2D eigenvalue weighted by molar-refractivity contribution is 8.03. The molecule has 0 bridgehead atoms. The van der Waals surface area contributed by atoms with Crippen molar-refractivity contribution >= 4 is 35.6 Å². The van der Waals surface area contributed by atoms with Gasteiger partial charge in [-0.25, -0.2) is 9.59 Å². The third-order valence-corrected chi connectivity index (χ3v) is 7.31. The number of amidine groups is 1. The molecule has 0 aliphatic carbocycles. The Morgan fingerprint density at radius 3 is 2.65 bits per heavy atom. The smallest absolute Gasteiger partial charge is 0.410 e. The van der Waals surface area contributed by atoms with Crippen LogP contribution >= 0.6 is 11.8 Å². The standard InChI is InChI=1S/C20H28N4O6S/c1-5-6-30-20(29)22(4)9-13(21)23-7-12(8-23)31-17-10(2)15-14(11(3)25)18(26)24(15)16(17)19(27)28/h5,10-12,14-15,21,25H,1,6-9H2,2-4H3,(H,27,28)/t10-,11-,14-,15-/m1/s1. The van der Waals surface area contributed by atoms with Crippen molar-refractivity contribution in [3.05, 3.63) is 23.3 Å². The molecule has 0 saturated carbocycles. The van der Waals surface area contributed by atoms with E-state index < -0.39 is 24.1 Å². The monoisotopic (exact) mass is 452 g/mol. The van der Waals surface area contributed by atoms with Crippen molar-refractivity contribution in [2.24, 2.45) is 11.8 Å². The van der Waals surface area contributed by atoms with E-state index in [-0.39, 0.29) is 47.8 Å². The van der Waals surface area contributed by atoms with Crippen LogP contribution in [0.1, 0.15) is 13.8 Å². The fourth-order valence-corrected chi connectivity index (χ4v) is 5.74. The number of β-lactam (4-membered cyclic amide) rings is 1. The van der Waals surface area contributed by atoms with Crippen molar-refractivity contribution in [1.82, 2.24) is 14.7 Å². The van der Waals surface area contributed by atoms with Crippen molar-refractivity contribution in [3.63, 3.8) is 0 Å². The lowest BCUT2D eigenvalue weighted by atomic mass is 9.79. The number of thioether (sulfide) groups is 1. The minimum atomic E-state index is -1.14. The molecule has 0 radical (unpaired) electrons. The third-order valence-electron chi connectivity index (χ3n) is 5.86. The molecule has 2 fully saturated rings. The number of rotatable bonds is 8. The van der Waals surface area contributed by atoms with E-state index >= 15 is 0 Å². The Balaban J connectivity index is 1.58. The predicted molar refractivity (Wildman–Crippen MR) is 114 cm³/mol. The maximum atomic E-state index is 12.4. The summed E-state index contributed by atoms with van der Waals surface area (Å²) in [5.74, 6) is -1.96. The second-order valence-corrected chi connectivity index (χ2v) is 9.43. The fourth-order valence-electron chi connectivity index (χ4n) is 4.22. The van der Waals surface area contributed by atoms with Crippen LogP contribution in [0, 0.1) is 17.2 Å². The van der Waals surface area contributed by atoms with Crippen molar-refractivity contribution in [2.75, 3.05) is 33.3 Å². The average molecular weight is 453 g/mol. The summed E-state index contributed by atoms with van der Waals surface area (Å²) in [5.41, 5.74) is 0.0163. The predicted octanol–water partition coefficient (Wildman–Crippen LogP) is 0.789. The van der Waals surface area contributed by atoms with Crippen LogP contribution in [0.15, 0.2) is 23.3 Å². The first kappa shape index (κ1) is 23.1. The zero-order valence-electron chi connectivity index (χ0n) is 17.8. The molecule has 0 unspecified atom stereocenters. The van der Waals surface area contributed by atoms with Gasteiger partial charge in [0.25, 0.3) is 0 Å². The number of likely N-dealkylation sites (N-methyl/N-ethyl adjacent to an activating group) is 1. The van der Waals surface area contributed by atoms with E-state index in [1.165, 1.54) is 27.6 Å². The molecule has 3 rings (SSSR count). The number of nitrogens with one attached hydrogen (secondary N) is 1. The van der Waals surface area contributed by atoms with Crippen LogP contribution in [0.3, 0.4) is 0 Å². The Kier molecular flexibility index (Phi) is 6.65. The Hall–Kier alpha value is -2.53. The summed E-state index contributed by atoms with van der Waals surface area (Å²) in [6.45, 7) is 8.22. The molecule has 0 aromatic heterocycles. The first-order valence-electron chi connectivity index (χ1n) is 10.0. The molecule has 31 heavy (non-hydrogen) atoms. The lowest BCUT2D eigenvalue weighted by Crippen LogP contribution is -2.63. The molecule has 170 valence electrons. The van der Waals surface area contributed by atoms with E-state index in [0.717, 1.165) is 0 Å². The van der Waals surface area contributed by atoms with Crippen molar-refractivity contribution in [3.8, 4) is 0 Å². The van der Waals surface area contributed by atoms with Gasteiger partial charge in [0, 0.05) is 36.2 Å². The van der Waals surface area contributed by atoms with Gasteiger partial charge in [0.2, 0.25) is 5.91 Å². The lowest BCUT2D eigenvalue weighted by Gasteiger charge is -2.46. The van der Waals surface area contributed by atoms with Gasteiger partial charge in [-0.2, -0.15) is 0 Å². The van der Waals surface area contributed by atoms with E-state index in [1.54, 1.807) is 14.0 Å². The van der Waals surface area contributed by atoms with Gasteiger partial charge >= 0.3 is 12.1 Å². The number of carboxylic acid groups (broad SMARTS) is 1. The molecule has 4 atom stereocenters. The number of hydrogen-bond donors (Lipinski definition) is 3. The number of likely N-dealkylation sites (tertiary alicyclic amines) is 1. The molecule has 11 heteroatoms. The molecule has 3 N–H and O–H groups in total. The maximum absolute atomic E-state index is 12.4. The molecule has 2 saturated heterocycles. The van der Waals surface area contributed by atoms with Gasteiger partial charge in [0.05, 0.1) is 24.6 Å². The van der Waals surface area contributed by atoms with Gasteiger partial charge in [-0.1, -0.05) is 19.6 Å². The molecule has 3 aliphatic heterocycles. The highest BCUT2D eigenvalue weighted by atomic mass is 32.2. The van der Waals surface area contributed by atoms with Gasteiger partial charge in [0.1, 0.15) is 18.1 Å². The number of aliphatic hydroxyl groups excluding tert-OH is 1. The normalized spacial score (nSPS) is 26.1. The first-order valence-corrected chi connectivity index (χ1v) is 10.9. The molecular formula is C20H28N4O6S. The summed E-state index contributed by atoms with van der Waals surface area (Å²) in [5, 5.41) is 27.9. The van der Waals surface area contributed by atoms with Gasteiger partial charge in [-0.3, -0.25) is 10.2 Å². The summed E-state index contributed by atoms with van der Waals surface area (Å²) in [6, 6.07) is -0.328. The van der Waals surface area contributed by atoms with Gasteiger partial charge in [-0.05, 0) is 6.92 Å². The van der Waals surface area contributed by atoms with E-state index in [4.69, 9.17) is 10.1 Å². The number of aliphatic carboxylic acids is 1. The number of hydrogen-bond acceptors (Lipinski definition) is 7. The molecule has 10 nitrogen and oxygen atoms in total. The minimum Gasteiger partial charge on any atom is -0.477 e. The van der Waals surface area contributed by atoms with Crippen molar-refractivity contribution in [1.29, 1.82) is 5.41 Å². The van der Waals surface area contributed by atoms with Crippen molar-refractivity contribution < 1.29 is 29.3 Å². The van der Waals surface area contributed by atoms with Gasteiger partial charge in [-0.15, -0.1) is 11.8 Å². The maximum Gasteiger partial charge on any atom is 0.410 e. The molecule has 0 aromatic carbocycles. The summed E-state index contributed by atoms with van der Waals surface area (Å²) < 4.78 is 4.94. The number of carboxylic acids is 1. The van der Waals surface area contributed by atoms with Crippen molar-refractivity contribution in [2.45, 2.75) is 31.2 Å². The molecule has 3 heterocycles. The summed E-state index contributed by atoms with van der Waals surface area (Å²) in [7, 11) is 1.55. The minimum absolute atomic E-state index is 0.0163. The quantitative estimate of drug-likeness (QED) is 0.213. The largest absolute Gasteiger partial charge is 0.477 e. The van der Waals surface area contributed by atoms with E-state index in [9.17, 15) is 24.6 Å². The molecule has 0 aromatic rings. The zero-order chi connectivity index (χ0) is 23.0. The number of nitrogens with zero attached hydrogens (tertiary/aromatic N) is 3. The zero-order valence-corrected chi connectivity index (χ0v) is 18.6. The second-order valence-electron chi connectivity index (χ2n) is 8.09. The number of carbonyl (C=O) groups is 3. The Labute approximate surface area is 185 Å². The Bertz CT molecular complexity index is 838. The van der Waals surface area contributed by atoms with Crippen LogP contribution in [0.5, 0.6) is 0 Å². The average Bonchev–Trinajstić information content (AvgIpc) is 2.90. The van der Waals surface area contributed by atoms with Crippen LogP contribution in [0.4, 0.5) is 4.79 Å². The summed E-state index contributed by atoms with van der Waals surface area (Å²) in [6.07, 6.45) is 0.109. The van der Waals surface area contributed by atoms with E-state index in [1.807, 2.05) is 11.8 Å². The second kappa shape index (κ2) is 8.91. The first-order chi connectivity index (χ1) is 14.6.